The number of carbonyl (C=O) groups is 1. The summed E-state index contributed by atoms with van der Waals surface area (Å²) in [5.74, 6) is -0.467. The molecule has 1 aromatic carbocycles. The van der Waals surface area contributed by atoms with Crippen molar-refractivity contribution in [2.45, 2.75) is 23.6 Å². The van der Waals surface area contributed by atoms with Crippen molar-refractivity contribution in [3.05, 3.63) is 39.7 Å². The number of nitrogens with zero attached hydrogens (tertiary/aromatic N) is 1. The molecule has 1 aromatic heterocycles. The second kappa shape index (κ2) is 7.75. The molecule has 2 rings (SSSR count). The molecule has 0 aliphatic heterocycles. The number of sulfonamides is 1. The standard InChI is InChI=1S/C13H13Cl2N3O4S2/c1-7-13(8(2)22-17-7)24(20,21)18-16-12(19)6-23-11-5-9(14)3-4-10(11)15/h3-5,18H,6H2,1-2H3,(H,16,19). The molecular weight excluding hydrogens is 397 g/mol. The number of thioether (sulfide) groups is 1. The van der Waals surface area contributed by atoms with Gasteiger partial charge in [-0.2, -0.15) is 0 Å². The summed E-state index contributed by atoms with van der Waals surface area (Å²) in [7, 11) is -3.97. The van der Waals surface area contributed by atoms with Gasteiger partial charge in [0, 0.05) is 9.92 Å². The predicted octanol–water partition coefficient (Wildman–Crippen LogP) is 2.70. The van der Waals surface area contributed by atoms with Crippen LogP contribution in [0.1, 0.15) is 11.5 Å². The summed E-state index contributed by atoms with van der Waals surface area (Å²) in [5, 5.41) is 4.51. The molecule has 130 valence electrons. The third-order valence-electron chi connectivity index (χ3n) is 2.81. The van der Waals surface area contributed by atoms with E-state index in [4.69, 9.17) is 27.7 Å². The third-order valence-corrected chi connectivity index (χ3v) is 6.04. The molecule has 24 heavy (non-hydrogen) atoms. The Morgan fingerprint density at radius 2 is 2.04 bits per heavy atom. The Kier molecular flexibility index (Phi) is 6.16. The van der Waals surface area contributed by atoms with Crippen LogP contribution in [0.15, 0.2) is 32.5 Å². The van der Waals surface area contributed by atoms with Crippen LogP contribution in [0, 0.1) is 13.8 Å². The van der Waals surface area contributed by atoms with E-state index in [0.717, 1.165) is 11.8 Å². The van der Waals surface area contributed by atoms with Gasteiger partial charge in [0.1, 0.15) is 10.6 Å². The summed E-state index contributed by atoms with van der Waals surface area (Å²) in [4.78, 5) is 14.3. The number of nitrogens with one attached hydrogen (secondary N) is 2. The molecule has 0 spiro atoms. The number of aromatic nitrogens is 1. The monoisotopic (exact) mass is 409 g/mol. The number of hydrogen-bond donors (Lipinski definition) is 2. The molecule has 0 fully saturated rings. The first-order valence-corrected chi connectivity index (χ1v) is 9.74. The molecule has 0 radical (unpaired) electrons. The highest BCUT2D eigenvalue weighted by Crippen LogP contribution is 2.29. The van der Waals surface area contributed by atoms with Crippen molar-refractivity contribution in [2.24, 2.45) is 0 Å². The van der Waals surface area contributed by atoms with Crippen LogP contribution in [0.3, 0.4) is 0 Å². The normalized spacial score (nSPS) is 11.5. The summed E-state index contributed by atoms with van der Waals surface area (Å²) >= 11 is 13.0. The fourth-order valence-electron chi connectivity index (χ4n) is 1.80. The van der Waals surface area contributed by atoms with E-state index in [1.807, 2.05) is 4.83 Å². The van der Waals surface area contributed by atoms with Gasteiger partial charge in [0.2, 0.25) is 5.91 Å². The zero-order chi connectivity index (χ0) is 17.9. The molecule has 0 aliphatic carbocycles. The minimum Gasteiger partial charge on any atom is -0.360 e. The summed E-state index contributed by atoms with van der Waals surface area (Å²) < 4.78 is 29.1. The van der Waals surface area contributed by atoms with E-state index in [1.165, 1.54) is 13.8 Å². The lowest BCUT2D eigenvalue weighted by Crippen LogP contribution is -2.42. The molecule has 0 atom stereocenters. The van der Waals surface area contributed by atoms with E-state index in [9.17, 15) is 13.2 Å². The highest BCUT2D eigenvalue weighted by Gasteiger charge is 2.24. The molecule has 0 saturated heterocycles. The first-order chi connectivity index (χ1) is 11.2. The zero-order valence-electron chi connectivity index (χ0n) is 12.6. The Labute approximate surface area is 153 Å². The lowest BCUT2D eigenvalue weighted by molar-refractivity contribution is -0.119. The Hall–Kier alpha value is -1.26. The summed E-state index contributed by atoms with van der Waals surface area (Å²) in [5.41, 5.74) is 2.33. The van der Waals surface area contributed by atoms with Gasteiger partial charge in [-0.3, -0.25) is 10.2 Å². The van der Waals surface area contributed by atoms with E-state index in [-0.39, 0.29) is 22.1 Å². The number of benzene rings is 1. The summed E-state index contributed by atoms with van der Waals surface area (Å²) in [6, 6.07) is 4.87. The highest BCUT2D eigenvalue weighted by molar-refractivity contribution is 8.00. The molecule has 2 N–H and O–H groups in total. The number of carbonyl (C=O) groups excluding carboxylic acids is 1. The fourth-order valence-corrected chi connectivity index (χ4v) is 4.29. The SMILES string of the molecule is Cc1noc(C)c1S(=O)(=O)NNC(=O)CSc1cc(Cl)ccc1Cl. The molecule has 1 heterocycles. The summed E-state index contributed by atoms with van der Waals surface area (Å²) in [6.45, 7) is 2.96. The van der Waals surface area contributed by atoms with Gasteiger partial charge in [-0.25, -0.2) is 8.42 Å². The molecule has 1 amide bonds. The van der Waals surface area contributed by atoms with Gasteiger partial charge in [-0.15, -0.1) is 16.6 Å². The van der Waals surface area contributed by atoms with Crippen molar-refractivity contribution in [1.82, 2.24) is 15.4 Å². The van der Waals surface area contributed by atoms with Crippen LogP contribution >= 0.6 is 35.0 Å². The van der Waals surface area contributed by atoms with Crippen molar-refractivity contribution in [2.75, 3.05) is 5.75 Å². The Morgan fingerprint density at radius 1 is 1.33 bits per heavy atom. The number of halogens is 2. The van der Waals surface area contributed by atoms with Gasteiger partial charge in [0.15, 0.2) is 5.76 Å². The molecular formula is C13H13Cl2N3O4S2. The van der Waals surface area contributed by atoms with Crippen molar-refractivity contribution in [1.29, 1.82) is 0 Å². The van der Waals surface area contributed by atoms with Crippen molar-refractivity contribution < 1.29 is 17.7 Å². The van der Waals surface area contributed by atoms with Crippen LogP contribution in [0.2, 0.25) is 10.0 Å². The lowest BCUT2D eigenvalue weighted by Gasteiger charge is -2.08. The van der Waals surface area contributed by atoms with E-state index in [0.29, 0.717) is 14.9 Å². The molecule has 7 nitrogen and oxygen atoms in total. The van der Waals surface area contributed by atoms with Gasteiger partial charge >= 0.3 is 0 Å². The molecule has 0 unspecified atom stereocenters. The first-order valence-electron chi connectivity index (χ1n) is 6.52. The summed E-state index contributed by atoms with van der Waals surface area (Å²) in [6.07, 6.45) is 0. The van der Waals surface area contributed by atoms with Crippen LogP contribution in [-0.2, 0) is 14.8 Å². The second-order valence-electron chi connectivity index (χ2n) is 4.67. The number of hydrogen-bond acceptors (Lipinski definition) is 6. The smallest absolute Gasteiger partial charge is 0.262 e. The van der Waals surface area contributed by atoms with Gasteiger partial charge in [0.25, 0.3) is 10.0 Å². The second-order valence-corrected chi connectivity index (χ2v) is 8.15. The van der Waals surface area contributed by atoms with Crippen LogP contribution in [-0.4, -0.2) is 25.2 Å². The highest BCUT2D eigenvalue weighted by atomic mass is 35.5. The van der Waals surface area contributed by atoms with Gasteiger partial charge in [-0.1, -0.05) is 28.4 Å². The lowest BCUT2D eigenvalue weighted by atomic mass is 10.4. The maximum absolute atomic E-state index is 12.1. The average Bonchev–Trinajstić information content (AvgIpc) is 2.86. The van der Waals surface area contributed by atoms with E-state index in [1.54, 1.807) is 18.2 Å². The van der Waals surface area contributed by atoms with Crippen LogP contribution in [0.25, 0.3) is 0 Å². The van der Waals surface area contributed by atoms with E-state index < -0.39 is 15.9 Å². The van der Waals surface area contributed by atoms with Gasteiger partial charge in [0.05, 0.1) is 10.8 Å². The Balaban J connectivity index is 1.95. The van der Waals surface area contributed by atoms with Crippen LogP contribution in [0.4, 0.5) is 0 Å². The van der Waals surface area contributed by atoms with E-state index in [2.05, 4.69) is 10.6 Å². The molecule has 2 aromatic rings. The van der Waals surface area contributed by atoms with Crippen LogP contribution in [0.5, 0.6) is 0 Å². The number of hydrazine groups is 1. The molecule has 0 saturated carbocycles. The maximum Gasteiger partial charge on any atom is 0.262 e. The maximum atomic E-state index is 12.1. The average molecular weight is 410 g/mol. The van der Waals surface area contributed by atoms with Gasteiger partial charge in [-0.05, 0) is 32.0 Å². The molecule has 0 bridgehead atoms. The van der Waals surface area contributed by atoms with E-state index >= 15 is 0 Å². The first kappa shape index (κ1) is 19.1. The molecule has 0 aliphatic rings. The predicted molar refractivity (Wildman–Crippen MR) is 91.6 cm³/mol. The minimum absolute atomic E-state index is 0.0514. The Bertz CT molecular complexity index is 849. The number of amides is 1. The minimum atomic E-state index is -3.97. The topological polar surface area (TPSA) is 101 Å². The number of aryl methyl sites for hydroxylation is 2. The molecule has 11 heteroatoms. The van der Waals surface area contributed by atoms with Gasteiger partial charge < -0.3 is 4.52 Å². The fraction of sp³-hybridized carbons (Fsp3) is 0.231. The largest absolute Gasteiger partial charge is 0.360 e. The Morgan fingerprint density at radius 3 is 2.67 bits per heavy atom. The zero-order valence-corrected chi connectivity index (χ0v) is 15.7. The van der Waals surface area contributed by atoms with Crippen LogP contribution < -0.4 is 10.3 Å². The van der Waals surface area contributed by atoms with Crippen molar-refractivity contribution in [3.8, 4) is 0 Å². The van der Waals surface area contributed by atoms with Crippen molar-refractivity contribution in [3.63, 3.8) is 0 Å². The number of rotatable bonds is 6. The quantitative estimate of drug-likeness (QED) is 0.561. The third kappa shape index (κ3) is 4.64. The van der Waals surface area contributed by atoms with Crippen molar-refractivity contribution >= 4 is 50.9 Å².